The first-order valence-electron chi connectivity index (χ1n) is 7.67. The van der Waals surface area contributed by atoms with Gasteiger partial charge in [0.2, 0.25) is 5.91 Å². The lowest BCUT2D eigenvalue weighted by atomic mass is 10.1. The fourth-order valence-corrected chi connectivity index (χ4v) is 2.95. The summed E-state index contributed by atoms with van der Waals surface area (Å²) in [6.45, 7) is 3.92. The zero-order valence-corrected chi connectivity index (χ0v) is 14.6. The number of hydrogen-bond acceptors (Lipinski definition) is 5. The van der Waals surface area contributed by atoms with E-state index in [1.165, 1.54) is 17.6 Å². The van der Waals surface area contributed by atoms with E-state index < -0.39 is 0 Å². The Kier molecular flexibility index (Phi) is 4.95. The number of anilines is 2. The number of carbonyl (C=O) groups excluding carboxylic acids is 2. The minimum atomic E-state index is -0.370. The Morgan fingerprint density at radius 1 is 1.20 bits per heavy atom. The molecule has 0 spiro atoms. The van der Waals surface area contributed by atoms with Gasteiger partial charge < -0.3 is 9.73 Å². The van der Waals surface area contributed by atoms with Gasteiger partial charge in [0.05, 0.1) is 18.4 Å². The van der Waals surface area contributed by atoms with Gasteiger partial charge in [-0.15, -0.1) is 11.3 Å². The molecule has 1 aromatic carbocycles. The van der Waals surface area contributed by atoms with Crippen molar-refractivity contribution >= 4 is 34.0 Å². The topological polar surface area (TPSA) is 84.2 Å². The fourth-order valence-electron chi connectivity index (χ4n) is 2.24. The van der Waals surface area contributed by atoms with Gasteiger partial charge in [-0.1, -0.05) is 12.1 Å². The van der Waals surface area contributed by atoms with Crippen LogP contribution in [-0.2, 0) is 11.2 Å². The standard InChI is InChI=1S/C18H17N3O3S/c1-11-5-6-12(2)14(8-11)20-16(22)9-13-10-25-18(19-13)21-17(23)15-4-3-7-24-15/h3-8,10H,9H2,1-2H3,(H,20,22)(H,19,21,23). The van der Waals surface area contributed by atoms with Crippen molar-refractivity contribution in [2.24, 2.45) is 0 Å². The molecule has 0 saturated carbocycles. The Bertz CT molecular complexity index is 900. The maximum Gasteiger partial charge on any atom is 0.293 e. The molecule has 0 fully saturated rings. The lowest BCUT2D eigenvalue weighted by molar-refractivity contribution is -0.115. The number of rotatable bonds is 5. The number of aromatic nitrogens is 1. The average molecular weight is 355 g/mol. The summed E-state index contributed by atoms with van der Waals surface area (Å²) >= 11 is 1.26. The molecular weight excluding hydrogens is 338 g/mol. The van der Waals surface area contributed by atoms with Crippen molar-refractivity contribution in [1.29, 1.82) is 0 Å². The molecule has 7 heteroatoms. The second-order valence-corrected chi connectivity index (χ2v) is 6.48. The highest BCUT2D eigenvalue weighted by molar-refractivity contribution is 7.14. The van der Waals surface area contributed by atoms with Gasteiger partial charge in [0, 0.05) is 11.1 Å². The van der Waals surface area contributed by atoms with Crippen LogP contribution in [0.1, 0.15) is 27.4 Å². The number of amides is 2. The second kappa shape index (κ2) is 7.31. The van der Waals surface area contributed by atoms with Gasteiger partial charge in [-0.2, -0.15) is 0 Å². The number of nitrogens with zero attached hydrogens (tertiary/aromatic N) is 1. The Balaban J connectivity index is 1.60. The van der Waals surface area contributed by atoms with Gasteiger partial charge in [-0.05, 0) is 43.2 Å². The van der Waals surface area contributed by atoms with E-state index in [4.69, 9.17) is 4.42 Å². The molecule has 2 heterocycles. The predicted octanol–water partition coefficient (Wildman–Crippen LogP) is 3.79. The molecule has 0 aliphatic heterocycles. The maximum atomic E-state index is 12.2. The summed E-state index contributed by atoms with van der Waals surface area (Å²) in [6, 6.07) is 9.11. The van der Waals surface area contributed by atoms with E-state index in [1.807, 2.05) is 32.0 Å². The third kappa shape index (κ3) is 4.33. The molecule has 0 aliphatic carbocycles. The highest BCUT2D eigenvalue weighted by atomic mass is 32.1. The molecule has 2 aromatic heterocycles. The first-order chi connectivity index (χ1) is 12.0. The van der Waals surface area contributed by atoms with Crippen LogP contribution in [0.4, 0.5) is 10.8 Å². The molecule has 2 amide bonds. The van der Waals surface area contributed by atoms with Gasteiger partial charge >= 0.3 is 0 Å². The lowest BCUT2D eigenvalue weighted by Crippen LogP contribution is -2.16. The largest absolute Gasteiger partial charge is 0.459 e. The summed E-state index contributed by atoms with van der Waals surface area (Å²) in [5, 5.41) is 7.72. The summed E-state index contributed by atoms with van der Waals surface area (Å²) in [6.07, 6.45) is 1.57. The quantitative estimate of drug-likeness (QED) is 0.729. The first kappa shape index (κ1) is 16.9. The number of carbonyl (C=O) groups is 2. The van der Waals surface area contributed by atoms with Crippen molar-refractivity contribution in [2.45, 2.75) is 20.3 Å². The molecule has 0 bridgehead atoms. The minimum Gasteiger partial charge on any atom is -0.459 e. The van der Waals surface area contributed by atoms with E-state index >= 15 is 0 Å². The third-order valence-electron chi connectivity index (χ3n) is 3.53. The number of thiazole rings is 1. The zero-order chi connectivity index (χ0) is 17.8. The summed E-state index contributed by atoms with van der Waals surface area (Å²) in [7, 11) is 0. The van der Waals surface area contributed by atoms with Crippen LogP contribution in [0.5, 0.6) is 0 Å². The third-order valence-corrected chi connectivity index (χ3v) is 4.33. The van der Waals surface area contributed by atoms with Crippen LogP contribution in [0, 0.1) is 13.8 Å². The van der Waals surface area contributed by atoms with Crippen LogP contribution in [0.3, 0.4) is 0 Å². The SMILES string of the molecule is Cc1ccc(C)c(NC(=O)Cc2csc(NC(=O)c3ccco3)n2)c1. The van der Waals surface area contributed by atoms with E-state index in [0.717, 1.165) is 16.8 Å². The van der Waals surface area contributed by atoms with Crippen LogP contribution in [-0.4, -0.2) is 16.8 Å². The normalized spacial score (nSPS) is 10.5. The van der Waals surface area contributed by atoms with Crippen molar-refractivity contribution in [1.82, 2.24) is 4.98 Å². The summed E-state index contributed by atoms with van der Waals surface area (Å²) in [5.74, 6) is -0.307. The molecule has 0 aliphatic rings. The van der Waals surface area contributed by atoms with Crippen molar-refractivity contribution in [3.63, 3.8) is 0 Å². The van der Waals surface area contributed by atoms with E-state index in [2.05, 4.69) is 15.6 Å². The Morgan fingerprint density at radius 2 is 2.04 bits per heavy atom. The van der Waals surface area contributed by atoms with Gasteiger partial charge in [-0.25, -0.2) is 4.98 Å². The van der Waals surface area contributed by atoms with Crippen LogP contribution < -0.4 is 10.6 Å². The zero-order valence-electron chi connectivity index (χ0n) is 13.8. The van der Waals surface area contributed by atoms with Crippen LogP contribution in [0.25, 0.3) is 0 Å². The molecular formula is C18H17N3O3S. The fraction of sp³-hybridized carbons (Fsp3) is 0.167. The highest BCUT2D eigenvalue weighted by Crippen LogP contribution is 2.19. The van der Waals surface area contributed by atoms with Gasteiger partial charge in [0.15, 0.2) is 10.9 Å². The van der Waals surface area contributed by atoms with Crippen LogP contribution >= 0.6 is 11.3 Å². The highest BCUT2D eigenvalue weighted by Gasteiger charge is 2.13. The van der Waals surface area contributed by atoms with Crippen LogP contribution in [0.2, 0.25) is 0 Å². The average Bonchev–Trinajstić information content (AvgIpc) is 3.23. The van der Waals surface area contributed by atoms with E-state index in [0.29, 0.717) is 10.8 Å². The molecule has 6 nitrogen and oxygen atoms in total. The first-order valence-corrected chi connectivity index (χ1v) is 8.55. The van der Waals surface area contributed by atoms with Gasteiger partial charge in [-0.3, -0.25) is 14.9 Å². The van der Waals surface area contributed by atoms with Crippen molar-refractivity contribution in [3.05, 3.63) is 64.6 Å². The molecule has 0 unspecified atom stereocenters. The number of furan rings is 1. The van der Waals surface area contributed by atoms with E-state index in [9.17, 15) is 9.59 Å². The van der Waals surface area contributed by atoms with Crippen molar-refractivity contribution in [2.75, 3.05) is 10.6 Å². The Hall–Kier alpha value is -2.93. The van der Waals surface area contributed by atoms with Gasteiger partial charge in [0.25, 0.3) is 5.91 Å². The summed E-state index contributed by atoms with van der Waals surface area (Å²) in [4.78, 5) is 28.4. The number of aryl methyl sites for hydroxylation is 2. The number of hydrogen-bond donors (Lipinski definition) is 2. The molecule has 3 aromatic rings. The van der Waals surface area contributed by atoms with Crippen molar-refractivity contribution < 1.29 is 14.0 Å². The number of benzene rings is 1. The molecule has 25 heavy (non-hydrogen) atoms. The Labute approximate surface area is 148 Å². The molecule has 0 atom stereocenters. The lowest BCUT2D eigenvalue weighted by Gasteiger charge is -2.08. The molecule has 3 rings (SSSR count). The molecule has 0 radical (unpaired) electrons. The summed E-state index contributed by atoms with van der Waals surface area (Å²) < 4.78 is 5.03. The molecule has 0 saturated heterocycles. The minimum absolute atomic E-state index is 0.139. The van der Waals surface area contributed by atoms with Gasteiger partial charge in [0.1, 0.15) is 0 Å². The number of nitrogens with one attached hydrogen (secondary N) is 2. The van der Waals surface area contributed by atoms with Crippen molar-refractivity contribution in [3.8, 4) is 0 Å². The molecule has 128 valence electrons. The maximum absolute atomic E-state index is 12.2. The van der Waals surface area contributed by atoms with E-state index in [1.54, 1.807) is 17.5 Å². The van der Waals surface area contributed by atoms with Crippen LogP contribution in [0.15, 0.2) is 46.4 Å². The van der Waals surface area contributed by atoms with E-state index in [-0.39, 0.29) is 24.0 Å². The Morgan fingerprint density at radius 3 is 2.80 bits per heavy atom. The predicted molar refractivity (Wildman–Crippen MR) is 97.0 cm³/mol. The smallest absolute Gasteiger partial charge is 0.293 e. The summed E-state index contributed by atoms with van der Waals surface area (Å²) in [5.41, 5.74) is 3.48. The molecule has 2 N–H and O–H groups in total. The second-order valence-electron chi connectivity index (χ2n) is 5.62. The monoisotopic (exact) mass is 355 g/mol.